The maximum absolute atomic E-state index is 12.3. The lowest BCUT2D eigenvalue weighted by Gasteiger charge is -2.21. The first-order valence-corrected chi connectivity index (χ1v) is 8.77. The summed E-state index contributed by atoms with van der Waals surface area (Å²) in [5.41, 5.74) is 1.31. The minimum Gasteiger partial charge on any atom is -0.485 e. The molecule has 0 aliphatic rings. The second-order valence-electron chi connectivity index (χ2n) is 6.87. The smallest absolute Gasteiger partial charge is 0.289 e. The Morgan fingerprint density at radius 1 is 1.12 bits per heavy atom. The summed E-state index contributed by atoms with van der Waals surface area (Å²) < 4.78 is 12.5. The van der Waals surface area contributed by atoms with Crippen molar-refractivity contribution < 1.29 is 9.47 Å². The zero-order valence-electron chi connectivity index (χ0n) is 15.2. The van der Waals surface area contributed by atoms with Crippen molar-refractivity contribution >= 4 is 11.6 Å². The number of nitrogens with zero attached hydrogens (tertiary/aromatic N) is 2. The van der Waals surface area contributed by atoms with Crippen molar-refractivity contribution in [1.82, 2.24) is 9.78 Å². The summed E-state index contributed by atoms with van der Waals surface area (Å²) in [6, 6.07) is 7.96. The van der Waals surface area contributed by atoms with Crippen LogP contribution in [0.4, 0.5) is 0 Å². The lowest BCUT2D eigenvalue weighted by atomic mass is 10.1. The highest BCUT2D eigenvalue weighted by atomic mass is 35.5. The van der Waals surface area contributed by atoms with Crippen molar-refractivity contribution in [2.45, 2.75) is 52.9 Å². The van der Waals surface area contributed by atoms with Crippen LogP contribution in [-0.4, -0.2) is 16.4 Å². The van der Waals surface area contributed by atoms with E-state index < -0.39 is 5.54 Å². The van der Waals surface area contributed by atoms with E-state index in [1.165, 1.54) is 10.9 Å². The lowest BCUT2D eigenvalue weighted by Crippen LogP contribution is -2.36. The summed E-state index contributed by atoms with van der Waals surface area (Å²) in [4.78, 5) is 12.3. The van der Waals surface area contributed by atoms with E-state index in [1.54, 1.807) is 0 Å². The van der Waals surface area contributed by atoms with E-state index in [-0.39, 0.29) is 10.6 Å². The lowest BCUT2D eigenvalue weighted by molar-refractivity contribution is 0.121. The van der Waals surface area contributed by atoms with E-state index in [2.05, 4.69) is 12.0 Å². The van der Waals surface area contributed by atoms with Crippen LogP contribution in [-0.2, 0) is 23.5 Å². The van der Waals surface area contributed by atoms with Gasteiger partial charge in [-0.1, -0.05) is 42.8 Å². The molecule has 0 atom stereocenters. The molecule has 6 heteroatoms. The zero-order chi connectivity index (χ0) is 18.4. The molecule has 0 N–H and O–H groups in total. The van der Waals surface area contributed by atoms with Gasteiger partial charge < -0.3 is 9.47 Å². The minimum absolute atomic E-state index is 0.0505. The van der Waals surface area contributed by atoms with Crippen LogP contribution in [0, 0.1) is 0 Å². The van der Waals surface area contributed by atoms with Crippen molar-refractivity contribution in [2.24, 2.45) is 0 Å². The highest BCUT2D eigenvalue weighted by Crippen LogP contribution is 2.21. The Balaban J connectivity index is 2.02. The molecule has 0 unspecified atom stereocenters. The average Bonchev–Trinajstić information content (AvgIpc) is 2.56. The standard InChI is InChI=1S/C19H25ClN2O3/c1-5-10-24-12-14-6-8-15(9-7-14)13-25-16-11-21-22(19(2,3)4)18(23)17(16)20/h6-9,11H,5,10,12-13H2,1-4H3. The second kappa shape index (κ2) is 8.50. The molecule has 1 aromatic carbocycles. The second-order valence-corrected chi connectivity index (χ2v) is 7.25. The molecule has 0 fully saturated rings. The van der Waals surface area contributed by atoms with E-state index in [0.717, 1.165) is 24.2 Å². The monoisotopic (exact) mass is 364 g/mol. The van der Waals surface area contributed by atoms with Crippen molar-refractivity contribution in [3.8, 4) is 5.75 Å². The fourth-order valence-electron chi connectivity index (χ4n) is 2.22. The van der Waals surface area contributed by atoms with E-state index in [4.69, 9.17) is 21.1 Å². The number of rotatable bonds is 7. The molecule has 0 aliphatic carbocycles. The molecule has 0 radical (unpaired) electrons. The van der Waals surface area contributed by atoms with Crippen LogP contribution in [0.5, 0.6) is 5.75 Å². The summed E-state index contributed by atoms with van der Waals surface area (Å²) >= 11 is 6.15. The zero-order valence-corrected chi connectivity index (χ0v) is 16.0. The van der Waals surface area contributed by atoms with Gasteiger partial charge in [-0.2, -0.15) is 5.10 Å². The number of benzene rings is 1. The molecule has 5 nitrogen and oxygen atoms in total. The van der Waals surface area contributed by atoms with E-state index in [9.17, 15) is 4.79 Å². The maximum atomic E-state index is 12.3. The SMILES string of the molecule is CCCOCc1ccc(COc2cnn(C(C)(C)C)c(=O)c2Cl)cc1. The maximum Gasteiger partial charge on any atom is 0.289 e. The van der Waals surface area contributed by atoms with Gasteiger partial charge in [-0.25, -0.2) is 4.68 Å². The Hall–Kier alpha value is -1.85. The van der Waals surface area contributed by atoms with Crippen LogP contribution < -0.4 is 10.3 Å². The predicted octanol–water partition coefficient (Wildman–Crippen LogP) is 4.16. The molecule has 0 amide bonds. The van der Waals surface area contributed by atoms with E-state index in [1.807, 2.05) is 45.0 Å². The average molecular weight is 365 g/mol. The molecule has 1 heterocycles. The molecule has 2 aromatic rings. The first-order chi connectivity index (χ1) is 11.8. The molecule has 25 heavy (non-hydrogen) atoms. The fourth-order valence-corrected chi connectivity index (χ4v) is 2.41. The molecule has 1 aromatic heterocycles. The van der Waals surface area contributed by atoms with Gasteiger partial charge in [0.25, 0.3) is 5.56 Å². The first kappa shape index (κ1) is 19.5. The Bertz CT molecular complexity index is 749. The molecule has 136 valence electrons. The molecule has 2 rings (SSSR count). The summed E-state index contributed by atoms with van der Waals surface area (Å²) in [5, 5.41) is 4.21. The Morgan fingerprint density at radius 2 is 1.72 bits per heavy atom. The predicted molar refractivity (Wildman–Crippen MR) is 99.2 cm³/mol. The van der Waals surface area contributed by atoms with Crippen LogP contribution in [0.1, 0.15) is 45.2 Å². The molecular formula is C19H25ClN2O3. The summed E-state index contributed by atoms with van der Waals surface area (Å²) in [6.45, 7) is 9.45. The Morgan fingerprint density at radius 3 is 2.28 bits per heavy atom. The molecular weight excluding hydrogens is 340 g/mol. The topological polar surface area (TPSA) is 53.4 Å². The molecule has 0 spiro atoms. The third-order valence-corrected chi connectivity index (χ3v) is 3.90. The van der Waals surface area contributed by atoms with E-state index in [0.29, 0.717) is 19.0 Å². The van der Waals surface area contributed by atoms with Crippen LogP contribution in [0.25, 0.3) is 0 Å². The van der Waals surface area contributed by atoms with Crippen molar-refractivity contribution in [2.75, 3.05) is 6.61 Å². The van der Waals surface area contributed by atoms with Crippen LogP contribution in [0.2, 0.25) is 5.02 Å². The molecule has 0 saturated heterocycles. The van der Waals surface area contributed by atoms with Gasteiger partial charge in [0.2, 0.25) is 0 Å². The number of hydrogen-bond donors (Lipinski definition) is 0. The minimum atomic E-state index is -0.436. The number of ether oxygens (including phenoxy) is 2. The van der Waals surface area contributed by atoms with Gasteiger partial charge in [-0.15, -0.1) is 0 Å². The van der Waals surface area contributed by atoms with Gasteiger partial charge in [-0.3, -0.25) is 4.79 Å². The third kappa shape index (κ3) is 5.31. The van der Waals surface area contributed by atoms with Gasteiger partial charge in [0.05, 0.1) is 18.3 Å². The first-order valence-electron chi connectivity index (χ1n) is 8.39. The van der Waals surface area contributed by atoms with Crippen LogP contribution >= 0.6 is 11.6 Å². The fraction of sp³-hybridized carbons (Fsp3) is 0.474. The molecule has 0 aliphatic heterocycles. The summed E-state index contributed by atoms with van der Waals surface area (Å²) in [7, 11) is 0. The van der Waals surface area contributed by atoms with Crippen molar-refractivity contribution in [3.63, 3.8) is 0 Å². The van der Waals surface area contributed by atoms with Crippen LogP contribution in [0.15, 0.2) is 35.3 Å². The van der Waals surface area contributed by atoms with E-state index >= 15 is 0 Å². The highest BCUT2D eigenvalue weighted by molar-refractivity contribution is 6.31. The van der Waals surface area contributed by atoms with Gasteiger partial charge in [0.15, 0.2) is 10.8 Å². The number of halogens is 1. The van der Waals surface area contributed by atoms with Gasteiger partial charge in [-0.05, 0) is 38.3 Å². The number of aromatic nitrogens is 2. The third-order valence-electron chi connectivity index (χ3n) is 3.56. The van der Waals surface area contributed by atoms with Crippen LogP contribution in [0.3, 0.4) is 0 Å². The van der Waals surface area contributed by atoms with Gasteiger partial charge >= 0.3 is 0 Å². The van der Waals surface area contributed by atoms with Gasteiger partial charge in [0.1, 0.15) is 6.61 Å². The van der Waals surface area contributed by atoms with Crippen molar-refractivity contribution in [3.05, 3.63) is 57.0 Å². The normalized spacial score (nSPS) is 11.6. The largest absolute Gasteiger partial charge is 0.485 e. The number of hydrogen-bond acceptors (Lipinski definition) is 4. The highest BCUT2D eigenvalue weighted by Gasteiger charge is 2.19. The summed E-state index contributed by atoms with van der Waals surface area (Å²) in [5.74, 6) is 0.294. The molecule has 0 saturated carbocycles. The Kier molecular flexibility index (Phi) is 6.62. The molecule has 0 bridgehead atoms. The summed E-state index contributed by atoms with van der Waals surface area (Å²) in [6.07, 6.45) is 2.50. The van der Waals surface area contributed by atoms with Gasteiger partial charge in [0, 0.05) is 6.61 Å². The van der Waals surface area contributed by atoms with Crippen molar-refractivity contribution in [1.29, 1.82) is 0 Å². The quantitative estimate of drug-likeness (QED) is 0.692. The Labute approximate surface area is 153 Å².